The maximum Gasteiger partial charge on any atom is 0.285 e. The van der Waals surface area contributed by atoms with Crippen molar-refractivity contribution in [2.75, 3.05) is 5.88 Å². The lowest BCUT2D eigenvalue weighted by Gasteiger charge is -2.08. The molecule has 1 aromatic rings. The van der Waals surface area contributed by atoms with Gasteiger partial charge in [-0.1, -0.05) is 18.5 Å². The molecule has 1 unspecified atom stereocenters. The molecule has 0 N–H and O–H groups in total. The zero-order valence-electron chi connectivity index (χ0n) is 8.25. The standard InChI is InChI=1S/C9H8Cl2FNO2S/c1-5(4-10)16-9-2-6(11)7(12)3-8(9)13(14)15/h2-3,5H,4H2,1H3. The molecule has 0 aliphatic rings. The van der Waals surface area contributed by atoms with Gasteiger partial charge in [0.05, 0.1) is 20.9 Å². The molecule has 0 aliphatic heterocycles. The number of rotatable bonds is 4. The molecular weight excluding hydrogens is 276 g/mol. The van der Waals surface area contributed by atoms with Gasteiger partial charge in [0.25, 0.3) is 5.69 Å². The minimum Gasteiger partial charge on any atom is -0.258 e. The fourth-order valence-electron chi connectivity index (χ4n) is 1.00. The van der Waals surface area contributed by atoms with Crippen LogP contribution in [-0.2, 0) is 0 Å². The third kappa shape index (κ3) is 3.23. The van der Waals surface area contributed by atoms with Crippen LogP contribution in [0.1, 0.15) is 6.92 Å². The van der Waals surface area contributed by atoms with E-state index in [-0.39, 0.29) is 16.0 Å². The first-order chi connectivity index (χ1) is 7.45. The number of nitro benzene ring substituents is 1. The van der Waals surface area contributed by atoms with Crippen molar-refractivity contribution in [3.63, 3.8) is 0 Å². The molecular formula is C9H8Cl2FNO2S. The van der Waals surface area contributed by atoms with Crippen LogP contribution in [0.25, 0.3) is 0 Å². The third-order valence-corrected chi connectivity index (χ3v) is 3.83. The molecule has 0 amide bonds. The molecule has 0 saturated heterocycles. The molecule has 0 aromatic heterocycles. The fraction of sp³-hybridized carbons (Fsp3) is 0.333. The summed E-state index contributed by atoms with van der Waals surface area (Å²) >= 11 is 12.4. The van der Waals surface area contributed by atoms with Gasteiger partial charge in [-0.2, -0.15) is 0 Å². The Hall–Kier alpha value is -0.520. The van der Waals surface area contributed by atoms with E-state index in [1.54, 1.807) is 0 Å². The Kier molecular flexibility index (Phi) is 4.83. The Morgan fingerprint density at radius 1 is 1.62 bits per heavy atom. The monoisotopic (exact) mass is 283 g/mol. The van der Waals surface area contributed by atoms with Crippen LogP contribution in [0.4, 0.5) is 10.1 Å². The smallest absolute Gasteiger partial charge is 0.258 e. The summed E-state index contributed by atoms with van der Waals surface area (Å²) in [5, 5.41) is 10.6. The number of thioether (sulfide) groups is 1. The summed E-state index contributed by atoms with van der Waals surface area (Å²) in [6, 6.07) is 2.08. The molecule has 0 bridgehead atoms. The summed E-state index contributed by atoms with van der Waals surface area (Å²) in [5.74, 6) is -0.451. The van der Waals surface area contributed by atoms with E-state index < -0.39 is 10.7 Å². The predicted molar refractivity (Wildman–Crippen MR) is 64.1 cm³/mol. The molecule has 0 fully saturated rings. The fourth-order valence-corrected chi connectivity index (χ4v) is 2.36. The SMILES string of the molecule is CC(CCl)Sc1cc(Cl)c(F)cc1[N+](=O)[O-]. The molecule has 7 heteroatoms. The Labute approximate surface area is 106 Å². The summed E-state index contributed by atoms with van der Waals surface area (Å²) in [5.41, 5.74) is -0.288. The lowest BCUT2D eigenvalue weighted by Crippen LogP contribution is -1.99. The number of hydrogen-bond donors (Lipinski definition) is 0. The second-order valence-electron chi connectivity index (χ2n) is 3.07. The van der Waals surface area contributed by atoms with Crippen LogP contribution in [0.15, 0.2) is 17.0 Å². The van der Waals surface area contributed by atoms with Gasteiger partial charge in [0.2, 0.25) is 0 Å². The summed E-state index contributed by atoms with van der Waals surface area (Å²) in [4.78, 5) is 10.4. The molecule has 16 heavy (non-hydrogen) atoms. The van der Waals surface area contributed by atoms with E-state index in [0.717, 1.165) is 6.07 Å². The predicted octanol–water partition coefficient (Wildman–Crippen LogP) is 4.11. The first-order valence-corrected chi connectivity index (χ1v) is 6.11. The molecule has 0 spiro atoms. The van der Waals surface area contributed by atoms with Crippen LogP contribution in [-0.4, -0.2) is 16.1 Å². The molecule has 1 aromatic carbocycles. The Morgan fingerprint density at radius 2 is 2.25 bits per heavy atom. The Bertz CT molecular complexity index is 417. The Morgan fingerprint density at radius 3 is 2.75 bits per heavy atom. The summed E-state index contributed by atoms with van der Waals surface area (Å²) < 4.78 is 13.1. The van der Waals surface area contributed by atoms with Crippen LogP contribution >= 0.6 is 35.0 Å². The average molecular weight is 284 g/mol. The van der Waals surface area contributed by atoms with Gasteiger partial charge in [-0.05, 0) is 6.07 Å². The third-order valence-electron chi connectivity index (χ3n) is 1.74. The largest absolute Gasteiger partial charge is 0.285 e. The van der Waals surface area contributed by atoms with Crippen molar-refractivity contribution >= 4 is 40.7 Å². The summed E-state index contributed by atoms with van der Waals surface area (Å²) in [6.45, 7) is 1.82. The molecule has 0 radical (unpaired) electrons. The quantitative estimate of drug-likeness (QED) is 0.362. The van der Waals surface area contributed by atoms with Gasteiger partial charge in [-0.3, -0.25) is 10.1 Å². The second kappa shape index (κ2) is 5.70. The van der Waals surface area contributed by atoms with Gasteiger partial charge in [-0.25, -0.2) is 4.39 Å². The van der Waals surface area contributed by atoms with Crippen molar-refractivity contribution in [1.29, 1.82) is 0 Å². The van der Waals surface area contributed by atoms with Gasteiger partial charge >= 0.3 is 0 Å². The van der Waals surface area contributed by atoms with Crippen molar-refractivity contribution in [1.82, 2.24) is 0 Å². The minimum absolute atomic E-state index is 0.0121. The molecule has 0 saturated carbocycles. The average Bonchev–Trinajstić information content (AvgIpc) is 2.22. The zero-order valence-corrected chi connectivity index (χ0v) is 10.6. The number of benzene rings is 1. The molecule has 88 valence electrons. The molecule has 0 aliphatic carbocycles. The summed E-state index contributed by atoms with van der Waals surface area (Å²) in [6.07, 6.45) is 0. The van der Waals surface area contributed by atoms with Crippen LogP contribution < -0.4 is 0 Å². The van der Waals surface area contributed by atoms with Crippen molar-refractivity contribution in [2.24, 2.45) is 0 Å². The minimum atomic E-state index is -0.795. The highest BCUT2D eigenvalue weighted by molar-refractivity contribution is 8.00. The van der Waals surface area contributed by atoms with Crippen molar-refractivity contribution in [3.05, 3.63) is 33.1 Å². The zero-order chi connectivity index (χ0) is 12.3. The molecule has 3 nitrogen and oxygen atoms in total. The van der Waals surface area contributed by atoms with Crippen molar-refractivity contribution in [2.45, 2.75) is 17.1 Å². The van der Waals surface area contributed by atoms with E-state index in [1.165, 1.54) is 17.8 Å². The van der Waals surface area contributed by atoms with Crippen LogP contribution in [0.5, 0.6) is 0 Å². The molecule has 1 atom stereocenters. The number of alkyl halides is 1. The molecule has 0 heterocycles. The van der Waals surface area contributed by atoms with Crippen LogP contribution in [0.3, 0.4) is 0 Å². The van der Waals surface area contributed by atoms with E-state index in [2.05, 4.69) is 0 Å². The van der Waals surface area contributed by atoms with E-state index in [4.69, 9.17) is 23.2 Å². The first kappa shape index (κ1) is 13.5. The molecule has 1 rings (SSSR count). The van der Waals surface area contributed by atoms with Crippen LogP contribution in [0, 0.1) is 15.9 Å². The topological polar surface area (TPSA) is 43.1 Å². The lowest BCUT2D eigenvalue weighted by molar-refractivity contribution is -0.387. The van der Waals surface area contributed by atoms with E-state index >= 15 is 0 Å². The highest BCUT2D eigenvalue weighted by Crippen LogP contribution is 2.35. The Balaban J connectivity index is 3.14. The number of nitrogens with zero attached hydrogens (tertiary/aromatic N) is 1. The van der Waals surface area contributed by atoms with Gasteiger partial charge < -0.3 is 0 Å². The normalized spacial score (nSPS) is 12.5. The van der Waals surface area contributed by atoms with E-state index in [0.29, 0.717) is 10.8 Å². The highest BCUT2D eigenvalue weighted by Gasteiger charge is 2.19. The number of halogens is 3. The first-order valence-electron chi connectivity index (χ1n) is 4.31. The van der Waals surface area contributed by atoms with E-state index in [9.17, 15) is 14.5 Å². The number of nitro groups is 1. The van der Waals surface area contributed by atoms with Crippen LogP contribution in [0.2, 0.25) is 5.02 Å². The highest BCUT2D eigenvalue weighted by atomic mass is 35.5. The van der Waals surface area contributed by atoms with Crippen molar-refractivity contribution in [3.8, 4) is 0 Å². The maximum atomic E-state index is 13.1. The van der Waals surface area contributed by atoms with Crippen molar-refractivity contribution < 1.29 is 9.31 Å². The summed E-state index contributed by atoms with van der Waals surface area (Å²) in [7, 11) is 0. The number of hydrogen-bond acceptors (Lipinski definition) is 3. The van der Waals surface area contributed by atoms with E-state index in [1.807, 2.05) is 6.92 Å². The van der Waals surface area contributed by atoms with Gasteiger partial charge in [0.1, 0.15) is 5.82 Å². The van der Waals surface area contributed by atoms with Gasteiger partial charge in [0, 0.05) is 11.1 Å². The maximum absolute atomic E-state index is 13.1. The second-order valence-corrected chi connectivity index (χ2v) is 5.27. The lowest BCUT2D eigenvalue weighted by atomic mass is 10.3. The van der Waals surface area contributed by atoms with Gasteiger partial charge in [-0.15, -0.1) is 23.4 Å². The van der Waals surface area contributed by atoms with Gasteiger partial charge in [0.15, 0.2) is 0 Å².